The highest BCUT2D eigenvalue weighted by Crippen LogP contribution is 2.46. The zero-order chi connectivity index (χ0) is 24.9. The first-order valence-electron chi connectivity index (χ1n) is 11.1. The SMILES string of the molecule is COc1ccc(OC)c(C2=N[C@@H](c3cc(OC)ccc3OC)[C@@H](c3cc(OC)ccc3OC)N2)c1. The first-order chi connectivity index (χ1) is 17.1. The Balaban J connectivity index is 1.92. The normalized spacial score (nSPS) is 16.7. The third kappa shape index (κ3) is 4.64. The summed E-state index contributed by atoms with van der Waals surface area (Å²) in [6.45, 7) is 0. The molecule has 0 fully saturated rings. The standard InChI is InChI=1S/C27H30N2O6/c1-30-16-7-10-22(33-4)19(13-16)25-26(20-14-17(31-2)8-11-23(20)34-5)29-27(28-25)21-15-18(32-3)9-12-24(21)35-6/h7-15,25-26H,1-6H3,(H,28,29)/t25-,26+. The number of benzene rings is 3. The first-order valence-corrected chi connectivity index (χ1v) is 11.1. The number of rotatable bonds is 9. The molecule has 3 aromatic carbocycles. The molecule has 3 aromatic rings. The maximum atomic E-state index is 5.72. The molecule has 0 aromatic heterocycles. The van der Waals surface area contributed by atoms with Crippen LogP contribution in [0.5, 0.6) is 34.5 Å². The highest BCUT2D eigenvalue weighted by atomic mass is 16.5. The van der Waals surface area contributed by atoms with Crippen molar-refractivity contribution >= 4 is 5.84 Å². The molecular formula is C27H30N2O6. The fraction of sp³-hybridized carbons (Fsp3) is 0.296. The molecule has 0 unspecified atom stereocenters. The summed E-state index contributed by atoms with van der Waals surface area (Å²) in [6, 6.07) is 16.3. The average Bonchev–Trinajstić information content (AvgIpc) is 3.36. The van der Waals surface area contributed by atoms with Gasteiger partial charge >= 0.3 is 0 Å². The van der Waals surface area contributed by atoms with Crippen LogP contribution in [-0.2, 0) is 0 Å². The van der Waals surface area contributed by atoms with Gasteiger partial charge in [-0.3, -0.25) is 4.99 Å². The second kappa shape index (κ2) is 10.5. The van der Waals surface area contributed by atoms with Crippen molar-refractivity contribution in [3.05, 3.63) is 71.3 Å². The number of nitrogens with zero attached hydrogens (tertiary/aromatic N) is 1. The maximum Gasteiger partial charge on any atom is 0.133 e. The van der Waals surface area contributed by atoms with Gasteiger partial charge in [0.1, 0.15) is 46.4 Å². The summed E-state index contributed by atoms with van der Waals surface area (Å²) in [7, 11) is 9.82. The van der Waals surface area contributed by atoms with E-state index in [2.05, 4.69) is 5.32 Å². The van der Waals surface area contributed by atoms with E-state index in [0.717, 1.165) is 16.7 Å². The number of hydrogen-bond donors (Lipinski definition) is 1. The maximum absolute atomic E-state index is 5.72. The molecule has 0 aliphatic carbocycles. The lowest BCUT2D eigenvalue weighted by Gasteiger charge is -2.24. The summed E-state index contributed by atoms with van der Waals surface area (Å²) >= 11 is 0. The Morgan fingerprint density at radius 3 is 1.60 bits per heavy atom. The second-order valence-corrected chi connectivity index (χ2v) is 7.83. The Labute approximate surface area is 205 Å². The topological polar surface area (TPSA) is 79.8 Å². The van der Waals surface area contributed by atoms with Crippen LogP contribution in [0.3, 0.4) is 0 Å². The lowest BCUT2D eigenvalue weighted by atomic mass is 9.93. The third-order valence-corrected chi connectivity index (χ3v) is 6.07. The Morgan fingerprint density at radius 2 is 1.06 bits per heavy atom. The van der Waals surface area contributed by atoms with Gasteiger partial charge in [0.25, 0.3) is 0 Å². The van der Waals surface area contributed by atoms with E-state index in [0.29, 0.717) is 40.3 Å². The van der Waals surface area contributed by atoms with Crippen molar-refractivity contribution in [3.63, 3.8) is 0 Å². The van der Waals surface area contributed by atoms with Gasteiger partial charge in [-0.2, -0.15) is 0 Å². The Kier molecular flexibility index (Phi) is 7.19. The number of nitrogens with one attached hydrogen (secondary N) is 1. The van der Waals surface area contributed by atoms with Crippen molar-refractivity contribution in [2.24, 2.45) is 4.99 Å². The molecular weight excluding hydrogens is 448 g/mol. The van der Waals surface area contributed by atoms with E-state index in [9.17, 15) is 0 Å². The van der Waals surface area contributed by atoms with E-state index in [1.807, 2.05) is 54.6 Å². The van der Waals surface area contributed by atoms with Gasteiger partial charge in [-0.15, -0.1) is 0 Å². The zero-order valence-electron chi connectivity index (χ0n) is 20.7. The molecule has 4 rings (SSSR count). The largest absolute Gasteiger partial charge is 0.497 e. The Hall–Kier alpha value is -4.07. The van der Waals surface area contributed by atoms with Crippen LogP contribution in [0.25, 0.3) is 0 Å². The molecule has 1 aliphatic heterocycles. The van der Waals surface area contributed by atoms with Gasteiger partial charge in [0.05, 0.1) is 54.3 Å². The second-order valence-electron chi connectivity index (χ2n) is 7.83. The molecule has 0 saturated heterocycles. The van der Waals surface area contributed by atoms with E-state index in [1.54, 1.807) is 42.7 Å². The molecule has 184 valence electrons. The summed E-state index contributed by atoms with van der Waals surface area (Å²) in [5, 5.41) is 3.60. The molecule has 0 radical (unpaired) electrons. The van der Waals surface area contributed by atoms with E-state index in [1.165, 1.54) is 0 Å². The number of amidine groups is 1. The summed E-state index contributed by atoms with van der Waals surface area (Å²) < 4.78 is 33.5. The van der Waals surface area contributed by atoms with Crippen LogP contribution in [0.2, 0.25) is 0 Å². The highest BCUT2D eigenvalue weighted by molar-refractivity contribution is 6.03. The van der Waals surface area contributed by atoms with Crippen LogP contribution in [0.15, 0.2) is 59.6 Å². The molecule has 1 heterocycles. The number of hydrogen-bond acceptors (Lipinski definition) is 8. The van der Waals surface area contributed by atoms with Crippen molar-refractivity contribution in [1.82, 2.24) is 5.32 Å². The summed E-state index contributed by atoms with van der Waals surface area (Å²) in [4.78, 5) is 5.12. The average molecular weight is 479 g/mol. The molecule has 1 aliphatic rings. The molecule has 0 amide bonds. The molecule has 1 N–H and O–H groups in total. The Morgan fingerprint density at radius 1 is 0.571 bits per heavy atom. The minimum absolute atomic E-state index is 0.299. The smallest absolute Gasteiger partial charge is 0.133 e. The predicted molar refractivity (Wildman–Crippen MR) is 134 cm³/mol. The van der Waals surface area contributed by atoms with Gasteiger partial charge in [0.2, 0.25) is 0 Å². The molecule has 2 atom stereocenters. The van der Waals surface area contributed by atoms with Gasteiger partial charge in [-0.05, 0) is 54.6 Å². The third-order valence-electron chi connectivity index (χ3n) is 6.07. The molecule has 0 saturated carbocycles. The van der Waals surface area contributed by atoms with Crippen LogP contribution in [0.1, 0.15) is 28.8 Å². The molecule has 0 spiro atoms. The van der Waals surface area contributed by atoms with Gasteiger partial charge in [-0.25, -0.2) is 0 Å². The minimum Gasteiger partial charge on any atom is -0.497 e. The van der Waals surface area contributed by atoms with Gasteiger partial charge in [0.15, 0.2) is 0 Å². The van der Waals surface area contributed by atoms with Crippen molar-refractivity contribution in [1.29, 1.82) is 0 Å². The minimum atomic E-state index is -0.369. The van der Waals surface area contributed by atoms with Crippen LogP contribution in [-0.4, -0.2) is 48.5 Å². The van der Waals surface area contributed by atoms with E-state index in [4.69, 9.17) is 33.4 Å². The fourth-order valence-corrected chi connectivity index (χ4v) is 4.27. The van der Waals surface area contributed by atoms with Crippen LogP contribution < -0.4 is 33.7 Å². The van der Waals surface area contributed by atoms with Crippen molar-refractivity contribution < 1.29 is 28.4 Å². The number of ether oxygens (including phenoxy) is 6. The molecule has 35 heavy (non-hydrogen) atoms. The lowest BCUT2D eigenvalue weighted by Crippen LogP contribution is -2.26. The Bertz CT molecular complexity index is 1230. The quantitative estimate of drug-likeness (QED) is 0.483. The lowest BCUT2D eigenvalue weighted by molar-refractivity contribution is 0.382. The van der Waals surface area contributed by atoms with Crippen LogP contribution >= 0.6 is 0 Å². The van der Waals surface area contributed by atoms with E-state index in [-0.39, 0.29) is 12.1 Å². The molecule has 8 heteroatoms. The van der Waals surface area contributed by atoms with Gasteiger partial charge < -0.3 is 33.7 Å². The molecule has 8 nitrogen and oxygen atoms in total. The predicted octanol–water partition coefficient (Wildman–Crippen LogP) is 4.57. The summed E-state index contributed by atoms with van der Waals surface area (Å²) in [6.07, 6.45) is 0. The zero-order valence-corrected chi connectivity index (χ0v) is 20.7. The van der Waals surface area contributed by atoms with E-state index >= 15 is 0 Å². The van der Waals surface area contributed by atoms with Crippen LogP contribution in [0, 0.1) is 0 Å². The van der Waals surface area contributed by atoms with E-state index < -0.39 is 0 Å². The van der Waals surface area contributed by atoms with Crippen molar-refractivity contribution in [2.45, 2.75) is 12.1 Å². The highest BCUT2D eigenvalue weighted by Gasteiger charge is 2.36. The molecule has 0 bridgehead atoms. The first kappa shape index (κ1) is 24.1. The van der Waals surface area contributed by atoms with Crippen LogP contribution in [0.4, 0.5) is 0 Å². The van der Waals surface area contributed by atoms with Gasteiger partial charge in [0, 0.05) is 11.1 Å². The van der Waals surface area contributed by atoms with Crippen molar-refractivity contribution in [2.75, 3.05) is 42.7 Å². The van der Waals surface area contributed by atoms with Gasteiger partial charge in [-0.1, -0.05) is 0 Å². The fourth-order valence-electron chi connectivity index (χ4n) is 4.27. The van der Waals surface area contributed by atoms with Crippen molar-refractivity contribution in [3.8, 4) is 34.5 Å². The number of aliphatic imine (C=N–C) groups is 1. The monoisotopic (exact) mass is 478 g/mol. The summed E-state index contributed by atoms with van der Waals surface area (Å²) in [5.41, 5.74) is 2.54. The number of methoxy groups -OCH3 is 6. The summed E-state index contributed by atoms with van der Waals surface area (Å²) in [5.74, 6) is 4.86.